The van der Waals surface area contributed by atoms with Gasteiger partial charge < -0.3 is 5.73 Å². The molecule has 0 atom stereocenters. The van der Waals surface area contributed by atoms with Gasteiger partial charge in [0.2, 0.25) is 0 Å². The summed E-state index contributed by atoms with van der Waals surface area (Å²) < 4.78 is 0. The van der Waals surface area contributed by atoms with Gasteiger partial charge in [-0.2, -0.15) is 5.10 Å². The van der Waals surface area contributed by atoms with Gasteiger partial charge in [-0.15, -0.1) is 0 Å². The van der Waals surface area contributed by atoms with Gasteiger partial charge >= 0.3 is 0 Å². The van der Waals surface area contributed by atoms with Crippen molar-refractivity contribution in [2.75, 3.05) is 11.2 Å². The number of para-hydroxylation sites is 1. The summed E-state index contributed by atoms with van der Waals surface area (Å²) in [6.07, 6.45) is 3.23. The zero-order valence-corrected chi connectivity index (χ0v) is 9.82. The van der Waals surface area contributed by atoms with E-state index < -0.39 is 0 Å². The molecule has 18 heavy (non-hydrogen) atoms. The Morgan fingerprint density at radius 1 is 0.889 bits per heavy atom. The molecule has 2 aromatic carbocycles. The Morgan fingerprint density at radius 3 is 2.33 bits per heavy atom. The molecular formula is C14H14N4. The standard InChI is InChI=1S/C14H14N4/c15-12-6-8-13(9-7-12)16-10-11-17-18-14-4-2-1-3-5-14/h1-11,18H,15H2/b16-10?,17-11+. The maximum atomic E-state index is 5.58. The molecule has 0 bridgehead atoms. The van der Waals surface area contributed by atoms with Crippen LogP contribution in [0.25, 0.3) is 0 Å². The van der Waals surface area contributed by atoms with Gasteiger partial charge in [-0.3, -0.25) is 10.4 Å². The van der Waals surface area contributed by atoms with E-state index in [0.29, 0.717) is 0 Å². The molecular weight excluding hydrogens is 224 g/mol. The molecule has 0 unspecified atom stereocenters. The molecule has 90 valence electrons. The van der Waals surface area contributed by atoms with Crippen molar-refractivity contribution in [3.63, 3.8) is 0 Å². The van der Waals surface area contributed by atoms with Crippen LogP contribution in [0.1, 0.15) is 0 Å². The van der Waals surface area contributed by atoms with Crippen LogP contribution in [0.4, 0.5) is 17.1 Å². The van der Waals surface area contributed by atoms with Gasteiger partial charge in [0, 0.05) is 11.9 Å². The first-order chi connectivity index (χ1) is 8.84. The van der Waals surface area contributed by atoms with Gasteiger partial charge in [0.05, 0.1) is 17.6 Å². The van der Waals surface area contributed by atoms with E-state index in [4.69, 9.17) is 5.73 Å². The maximum absolute atomic E-state index is 5.58. The number of hydrogen-bond acceptors (Lipinski definition) is 4. The van der Waals surface area contributed by atoms with Crippen molar-refractivity contribution < 1.29 is 0 Å². The molecule has 3 N–H and O–H groups in total. The Labute approximate surface area is 106 Å². The van der Waals surface area contributed by atoms with Crippen LogP contribution in [-0.2, 0) is 0 Å². The topological polar surface area (TPSA) is 62.8 Å². The lowest BCUT2D eigenvalue weighted by atomic mass is 10.3. The van der Waals surface area contributed by atoms with Crippen LogP contribution in [0.3, 0.4) is 0 Å². The van der Waals surface area contributed by atoms with E-state index in [1.165, 1.54) is 0 Å². The van der Waals surface area contributed by atoms with Crippen LogP contribution < -0.4 is 11.2 Å². The fourth-order valence-electron chi connectivity index (χ4n) is 1.34. The molecule has 0 heterocycles. The first-order valence-corrected chi connectivity index (χ1v) is 5.57. The summed E-state index contributed by atoms with van der Waals surface area (Å²) in [4.78, 5) is 4.21. The number of hydrogen-bond donors (Lipinski definition) is 2. The summed E-state index contributed by atoms with van der Waals surface area (Å²) in [5, 5.41) is 4.03. The number of rotatable bonds is 4. The second-order valence-electron chi connectivity index (χ2n) is 3.63. The third-order valence-corrected chi connectivity index (χ3v) is 2.23. The van der Waals surface area contributed by atoms with E-state index in [1.54, 1.807) is 12.4 Å². The highest BCUT2D eigenvalue weighted by atomic mass is 15.3. The Morgan fingerprint density at radius 2 is 1.61 bits per heavy atom. The molecule has 0 aromatic heterocycles. The Kier molecular flexibility index (Phi) is 4.08. The van der Waals surface area contributed by atoms with Gasteiger partial charge in [-0.1, -0.05) is 18.2 Å². The fourth-order valence-corrected chi connectivity index (χ4v) is 1.34. The summed E-state index contributed by atoms with van der Waals surface area (Å²) in [7, 11) is 0. The lowest BCUT2D eigenvalue weighted by Crippen LogP contribution is -1.88. The minimum atomic E-state index is 0.730. The molecule has 2 aromatic rings. The van der Waals surface area contributed by atoms with Crippen LogP contribution in [0.5, 0.6) is 0 Å². The number of anilines is 2. The Hall–Kier alpha value is -2.62. The van der Waals surface area contributed by atoms with Crippen molar-refractivity contribution in [1.29, 1.82) is 0 Å². The molecule has 4 nitrogen and oxygen atoms in total. The smallest absolute Gasteiger partial charge is 0.0655 e. The van der Waals surface area contributed by atoms with Crippen molar-refractivity contribution in [2.24, 2.45) is 10.1 Å². The average molecular weight is 238 g/mol. The molecule has 0 saturated carbocycles. The monoisotopic (exact) mass is 238 g/mol. The van der Waals surface area contributed by atoms with E-state index in [1.807, 2.05) is 54.6 Å². The molecule has 0 fully saturated rings. The summed E-state index contributed by atoms with van der Waals surface area (Å²) in [6.45, 7) is 0. The largest absolute Gasteiger partial charge is 0.399 e. The number of nitrogens with zero attached hydrogens (tertiary/aromatic N) is 2. The summed E-state index contributed by atoms with van der Waals surface area (Å²) in [5.41, 5.74) is 11.0. The highest BCUT2D eigenvalue weighted by Crippen LogP contribution is 2.12. The lowest BCUT2D eigenvalue weighted by molar-refractivity contribution is 1.36. The molecule has 0 amide bonds. The number of nitrogens with two attached hydrogens (primary N) is 1. The van der Waals surface area contributed by atoms with E-state index in [0.717, 1.165) is 17.1 Å². The van der Waals surface area contributed by atoms with Crippen LogP contribution in [0.2, 0.25) is 0 Å². The molecule has 0 aliphatic carbocycles. The Balaban J connectivity index is 1.86. The van der Waals surface area contributed by atoms with E-state index >= 15 is 0 Å². The molecule has 0 radical (unpaired) electrons. The van der Waals surface area contributed by atoms with Crippen molar-refractivity contribution in [1.82, 2.24) is 0 Å². The minimum absolute atomic E-state index is 0.730. The van der Waals surface area contributed by atoms with Gasteiger partial charge in [0.1, 0.15) is 0 Å². The van der Waals surface area contributed by atoms with Crippen LogP contribution in [0, 0.1) is 0 Å². The predicted octanol–water partition coefficient (Wildman–Crippen LogP) is 3.07. The first kappa shape index (κ1) is 11.9. The van der Waals surface area contributed by atoms with E-state index in [-0.39, 0.29) is 0 Å². The van der Waals surface area contributed by atoms with Crippen molar-refractivity contribution in [3.05, 3.63) is 54.6 Å². The van der Waals surface area contributed by atoms with Crippen molar-refractivity contribution in [3.8, 4) is 0 Å². The number of nitrogen functional groups attached to an aromatic ring is 1. The second kappa shape index (κ2) is 6.20. The first-order valence-electron chi connectivity index (χ1n) is 5.57. The zero-order chi connectivity index (χ0) is 12.6. The van der Waals surface area contributed by atoms with Crippen molar-refractivity contribution in [2.45, 2.75) is 0 Å². The summed E-state index contributed by atoms with van der Waals surface area (Å²) in [6, 6.07) is 17.0. The quantitative estimate of drug-likeness (QED) is 0.488. The van der Waals surface area contributed by atoms with Gasteiger partial charge in [0.25, 0.3) is 0 Å². The second-order valence-corrected chi connectivity index (χ2v) is 3.63. The minimum Gasteiger partial charge on any atom is -0.399 e. The van der Waals surface area contributed by atoms with Gasteiger partial charge in [-0.25, -0.2) is 0 Å². The summed E-state index contributed by atoms with van der Waals surface area (Å²) >= 11 is 0. The highest BCUT2D eigenvalue weighted by Gasteiger charge is 1.86. The molecule has 4 heteroatoms. The average Bonchev–Trinajstić information content (AvgIpc) is 2.42. The molecule has 0 aliphatic heterocycles. The highest BCUT2D eigenvalue weighted by molar-refractivity contribution is 6.16. The fraction of sp³-hybridized carbons (Fsp3) is 0. The van der Waals surface area contributed by atoms with Gasteiger partial charge in [-0.05, 0) is 36.4 Å². The maximum Gasteiger partial charge on any atom is 0.0655 e. The van der Waals surface area contributed by atoms with Crippen LogP contribution in [0.15, 0.2) is 64.7 Å². The number of nitrogens with one attached hydrogen (secondary N) is 1. The number of benzene rings is 2. The zero-order valence-electron chi connectivity index (χ0n) is 9.82. The molecule has 2 rings (SSSR count). The lowest BCUT2D eigenvalue weighted by Gasteiger charge is -1.96. The third kappa shape index (κ3) is 3.75. The van der Waals surface area contributed by atoms with Crippen LogP contribution >= 0.6 is 0 Å². The SMILES string of the molecule is Nc1ccc(N=C/C=N/Nc2ccccc2)cc1. The summed E-state index contributed by atoms with van der Waals surface area (Å²) in [5.74, 6) is 0. The molecule has 0 spiro atoms. The third-order valence-electron chi connectivity index (χ3n) is 2.23. The predicted molar refractivity (Wildman–Crippen MR) is 77.6 cm³/mol. The van der Waals surface area contributed by atoms with Gasteiger partial charge in [0.15, 0.2) is 0 Å². The van der Waals surface area contributed by atoms with E-state index in [9.17, 15) is 0 Å². The van der Waals surface area contributed by atoms with E-state index in [2.05, 4.69) is 15.5 Å². The molecule has 0 aliphatic rings. The number of aliphatic imine (C=N–C) groups is 1. The number of hydrazone groups is 1. The molecule has 0 saturated heterocycles. The Bertz CT molecular complexity index is 529. The van der Waals surface area contributed by atoms with Crippen LogP contribution in [-0.4, -0.2) is 12.4 Å². The van der Waals surface area contributed by atoms with Crippen molar-refractivity contribution >= 4 is 29.5 Å². The normalized spacial score (nSPS) is 11.1.